The van der Waals surface area contributed by atoms with Crippen LogP contribution in [0.15, 0.2) is 22.6 Å². The lowest BCUT2D eigenvalue weighted by atomic mass is 9.84. The summed E-state index contributed by atoms with van der Waals surface area (Å²) in [5, 5.41) is 13.9. The number of hydrogen-bond acceptors (Lipinski definition) is 6. The van der Waals surface area contributed by atoms with Crippen molar-refractivity contribution in [1.29, 1.82) is 0 Å². The zero-order chi connectivity index (χ0) is 24.9. The maximum absolute atomic E-state index is 12.6. The lowest BCUT2D eigenvalue weighted by molar-refractivity contribution is -0.115. The molecule has 0 radical (unpaired) electrons. The number of nitrogens with zero attached hydrogens (tertiary/aromatic N) is 3. The molecule has 0 bridgehead atoms. The summed E-state index contributed by atoms with van der Waals surface area (Å²) in [6, 6.07) is 5.47. The second-order valence-electron chi connectivity index (χ2n) is 9.75. The van der Waals surface area contributed by atoms with Crippen LogP contribution in [0.5, 0.6) is 0 Å². The van der Waals surface area contributed by atoms with E-state index >= 15 is 0 Å². The summed E-state index contributed by atoms with van der Waals surface area (Å²) in [6.07, 6.45) is 4.71. The Kier molecular flexibility index (Phi) is 8.05. The first-order valence-electron chi connectivity index (χ1n) is 11.8. The average molecular weight is 478 g/mol. The minimum atomic E-state index is -4.29. The molecule has 34 heavy (non-hydrogen) atoms. The second-order valence-corrected chi connectivity index (χ2v) is 9.75. The Bertz CT molecular complexity index is 1090. The highest BCUT2D eigenvalue weighted by atomic mass is 19.4. The van der Waals surface area contributed by atoms with E-state index in [0.29, 0.717) is 16.9 Å². The third-order valence-electron chi connectivity index (χ3n) is 5.78. The Balaban J connectivity index is 0.000000469. The van der Waals surface area contributed by atoms with E-state index in [0.717, 1.165) is 16.5 Å². The molecule has 0 aliphatic heterocycles. The van der Waals surface area contributed by atoms with Crippen molar-refractivity contribution in [2.75, 3.05) is 24.2 Å². The third-order valence-corrected chi connectivity index (χ3v) is 5.78. The van der Waals surface area contributed by atoms with Crippen molar-refractivity contribution in [2.24, 2.45) is 0 Å². The molecule has 2 aromatic heterocycles. The molecule has 1 aliphatic rings. The van der Waals surface area contributed by atoms with Gasteiger partial charge >= 0.3 is 12.2 Å². The molecule has 4 rings (SSSR count). The fourth-order valence-electron chi connectivity index (χ4n) is 3.97. The highest BCUT2D eigenvalue weighted by molar-refractivity contribution is 5.90. The minimum Gasteiger partial charge on any atom is -0.402 e. The quantitative estimate of drug-likeness (QED) is 0.412. The van der Waals surface area contributed by atoms with Crippen LogP contribution in [0.2, 0.25) is 0 Å². The van der Waals surface area contributed by atoms with Crippen molar-refractivity contribution in [3.8, 4) is 11.6 Å². The van der Waals surface area contributed by atoms with Gasteiger partial charge in [0.15, 0.2) is 0 Å². The molecule has 0 amide bonds. The summed E-state index contributed by atoms with van der Waals surface area (Å²) in [5.74, 6) is 0.272. The molecular formula is C25H34F3N5O. The van der Waals surface area contributed by atoms with Gasteiger partial charge in [-0.2, -0.15) is 13.2 Å². The van der Waals surface area contributed by atoms with E-state index in [-0.39, 0.29) is 17.3 Å². The number of nitrogens with one attached hydrogen (secondary N) is 2. The molecule has 186 valence electrons. The lowest BCUT2D eigenvalue weighted by Gasteiger charge is -2.23. The van der Waals surface area contributed by atoms with Gasteiger partial charge in [-0.3, -0.25) is 0 Å². The normalized spacial score (nSPS) is 14.5. The predicted octanol–water partition coefficient (Wildman–Crippen LogP) is 7.25. The first-order chi connectivity index (χ1) is 16.0. The largest absolute Gasteiger partial charge is 0.405 e. The van der Waals surface area contributed by atoms with Crippen LogP contribution in [0.25, 0.3) is 22.5 Å². The lowest BCUT2D eigenvalue weighted by Crippen LogP contribution is -2.22. The number of hydrogen-bond donors (Lipinski definition) is 2. The minimum absolute atomic E-state index is 0.272. The van der Waals surface area contributed by atoms with Gasteiger partial charge in [0.25, 0.3) is 5.89 Å². The molecule has 0 spiro atoms. The second kappa shape index (κ2) is 10.6. The number of pyridine rings is 1. The molecular weight excluding hydrogens is 443 g/mol. The molecule has 6 nitrogen and oxygen atoms in total. The van der Waals surface area contributed by atoms with E-state index in [1.165, 1.54) is 38.5 Å². The maximum atomic E-state index is 12.6. The van der Waals surface area contributed by atoms with E-state index < -0.39 is 12.7 Å². The van der Waals surface area contributed by atoms with Crippen LogP contribution in [0.1, 0.15) is 70.4 Å². The van der Waals surface area contributed by atoms with E-state index in [1.807, 2.05) is 27.7 Å². The first kappa shape index (κ1) is 25.8. The van der Waals surface area contributed by atoms with Crippen molar-refractivity contribution in [2.45, 2.75) is 77.8 Å². The van der Waals surface area contributed by atoms with Crippen LogP contribution in [0.4, 0.5) is 24.9 Å². The van der Waals surface area contributed by atoms with E-state index in [9.17, 15) is 13.2 Å². The van der Waals surface area contributed by atoms with Crippen LogP contribution in [0, 0.1) is 6.92 Å². The molecule has 3 aromatic rings. The Morgan fingerprint density at radius 2 is 1.56 bits per heavy atom. The van der Waals surface area contributed by atoms with Gasteiger partial charge in [-0.25, -0.2) is 4.98 Å². The molecule has 1 saturated carbocycles. The van der Waals surface area contributed by atoms with Crippen molar-refractivity contribution in [1.82, 2.24) is 15.2 Å². The number of anilines is 2. The maximum Gasteiger partial charge on any atom is 0.405 e. The number of aromatic nitrogens is 3. The van der Waals surface area contributed by atoms with Crippen LogP contribution < -0.4 is 10.6 Å². The van der Waals surface area contributed by atoms with Gasteiger partial charge in [0, 0.05) is 18.1 Å². The SMILES string of the molecule is C1CCCCC1.CNc1nnc(-c2cc(C)c3cc(NCC(F)(F)F)cc(C(C)(C)C)c3n2)o1. The molecule has 2 N–H and O–H groups in total. The molecule has 0 saturated heterocycles. The Labute approximate surface area is 198 Å². The van der Waals surface area contributed by atoms with Crippen LogP contribution in [0.3, 0.4) is 0 Å². The highest BCUT2D eigenvalue weighted by Gasteiger charge is 2.27. The molecule has 0 atom stereocenters. The van der Waals surface area contributed by atoms with E-state index in [4.69, 9.17) is 9.40 Å². The number of benzene rings is 1. The monoisotopic (exact) mass is 477 g/mol. The van der Waals surface area contributed by atoms with Gasteiger partial charge in [-0.1, -0.05) is 64.4 Å². The van der Waals surface area contributed by atoms with Crippen molar-refractivity contribution in [3.05, 3.63) is 29.3 Å². The van der Waals surface area contributed by atoms with Crippen LogP contribution >= 0.6 is 0 Å². The number of fused-ring (bicyclic) bond motifs is 1. The number of aryl methyl sites for hydroxylation is 1. The fourth-order valence-corrected chi connectivity index (χ4v) is 3.97. The summed E-state index contributed by atoms with van der Waals surface area (Å²) in [7, 11) is 1.67. The van der Waals surface area contributed by atoms with Crippen LogP contribution in [-0.2, 0) is 5.41 Å². The smallest absolute Gasteiger partial charge is 0.402 e. The number of alkyl halides is 3. The average Bonchev–Trinajstić information content (AvgIpc) is 3.27. The highest BCUT2D eigenvalue weighted by Crippen LogP contribution is 2.35. The van der Waals surface area contributed by atoms with Gasteiger partial charge in [0.05, 0.1) is 5.52 Å². The summed E-state index contributed by atoms with van der Waals surface area (Å²) in [6.45, 7) is 6.75. The van der Waals surface area contributed by atoms with E-state index in [2.05, 4.69) is 20.8 Å². The number of rotatable bonds is 4. The standard InChI is InChI=1S/C19H22F3N5O.C6H12/c1-10-6-14(16-26-27-17(23-5)28-16)25-15-12(10)7-11(24-9-19(20,21)22)8-13(15)18(2,3)4;1-2-4-6-5-3-1/h6-8,24H,9H2,1-5H3,(H,23,27);1-6H2. The third kappa shape index (κ3) is 6.84. The Hall–Kier alpha value is -2.84. The summed E-state index contributed by atoms with van der Waals surface area (Å²) < 4.78 is 43.4. The summed E-state index contributed by atoms with van der Waals surface area (Å²) >= 11 is 0. The van der Waals surface area contributed by atoms with Crippen molar-refractivity contribution in [3.63, 3.8) is 0 Å². The summed E-state index contributed by atoms with van der Waals surface area (Å²) in [4.78, 5) is 4.70. The van der Waals surface area contributed by atoms with Gasteiger partial charge < -0.3 is 15.1 Å². The molecule has 1 aliphatic carbocycles. The fraction of sp³-hybridized carbons (Fsp3) is 0.560. The van der Waals surface area contributed by atoms with Gasteiger partial charge in [-0.15, -0.1) is 5.10 Å². The van der Waals surface area contributed by atoms with Gasteiger partial charge in [0.2, 0.25) is 0 Å². The first-order valence-corrected chi connectivity index (χ1v) is 11.8. The van der Waals surface area contributed by atoms with Gasteiger partial charge in [-0.05, 0) is 41.7 Å². The molecule has 1 fully saturated rings. The zero-order valence-corrected chi connectivity index (χ0v) is 20.6. The Morgan fingerprint density at radius 1 is 0.941 bits per heavy atom. The predicted molar refractivity (Wildman–Crippen MR) is 130 cm³/mol. The van der Waals surface area contributed by atoms with Gasteiger partial charge in [0.1, 0.15) is 12.2 Å². The molecule has 2 heterocycles. The van der Waals surface area contributed by atoms with Crippen molar-refractivity contribution >= 4 is 22.6 Å². The van der Waals surface area contributed by atoms with Crippen LogP contribution in [-0.4, -0.2) is 35.0 Å². The van der Waals surface area contributed by atoms with E-state index in [1.54, 1.807) is 25.2 Å². The zero-order valence-electron chi connectivity index (χ0n) is 20.6. The topological polar surface area (TPSA) is 75.9 Å². The molecule has 0 unspecified atom stereocenters. The molecule has 9 heteroatoms. The molecule has 1 aromatic carbocycles. The summed E-state index contributed by atoms with van der Waals surface area (Å²) in [5.41, 5.74) is 2.96. The van der Waals surface area contributed by atoms with Crippen molar-refractivity contribution < 1.29 is 17.6 Å². The number of halogens is 3. The Morgan fingerprint density at radius 3 is 2.06 bits per heavy atom.